The van der Waals surface area contributed by atoms with Gasteiger partial charge in [-0.1, -0.05) is 0 Å². The first-order valence-corrected chi connectivity index (χ1v) is 6.12. The fraction of sp³-hybridized carbons (Fsp3) is 0.154. The molecular weight excluding hydrogens is 301 g/mol. The van der Waals surface area contributed by atoms with Gasteiger partial charge >= 0.3 is 0 Å². The lowest BCUT2D eigenvalue weighted by Crippen LogP contribution is -1.94. The van der Waals surface area contributed by atoms with Gasteiger partial charge in [0.05, 0.1) is 10.6 Å². The lowest BCUT2D eigenvalue weighted by molar-refractivity contribution is 0.198. The lowest BCUT2D eigenvalue weighted by Gasteiger charge is -2.09. The molecule has 94 valence electrons. The largest absolute Gasteiger partial charge is 0.438 e. The van der Waals surface area contributed by atoms with Crippen LogP contribution in [0.5, 0.6) is 11.6 Å². The predicted molar refractivity (Wildman–Crippen MR) is 69.0 cm³/mol. The number of rotatable bonds is 3. The minimum absolute atomic E-state index is 0.347. The second-order valence-corrected chi connectivity index (χ2v) is 4.63. The number of aliphatic hydroxyl groups is 1. The molecule has 0 aliphatic rings. The van der Waals surface area contributed by atoms with Gasteiger partial charge in [0.2, 0.25) is 5.88 Å². The van der Waals surface area contributed by atoms with Crippen molar-refractivity contribution in [3.05, 3.63) is 52.4 Å². The van der Waals surface area contributed by atoms with Crippen LogP contribution in [0.3, 0.4) is 0 Å². The van der Waals surface area contributed by atoms with Crippen LogP contribution in [-0.2, 0) is 0 Å². The zero-order valence-electron chi connectivity index (χ0n) is 9.60. The van der Waals surface area contributed by atoms with Gasteiger partial charge in [0.25, 0.3) is 0 Å². The summed E-state index contributed by atoms with van der Waals surface area (Å²) < 4.78 is 18.9. The predicted octanol–water partition coefficient (Wildman–Crippen LogP) is 3.83. The normalized spacial score (nSPS) is 12.2. The zero-order chi connectivity index (χ0) is 13.1. The lowest BCUT2D eigenvalue weighted by atomic mass is 10.2. The van der Waals surface area contributed by atoms with E-state index in [1.165, 1.54) is 18.2 Å². The average Bonchev–Trinajstić information content (AvgIpc) is 2.33. The highest BCUT2D eigenvalue weighted by molar-refractivity contribution is 9.10. The molecule has 0 spiro atoms. The summed E-state index contributed by atoms with van der Waals surface area (Å²) >= 11 is 3.21. The molecule has 0 bridgehead atoms. The van der Waals surface area contributed by atoms with E-state index in [0.29, 0.717) is 21.7 Å². The Balaban J connectivity index is 2.25. The summed E-state index contributed by atoms with van der Waals surface area (Å²) in [5.74, 6) is 0.465. The molecule has 0 aliphatic carbocycles. The number of halogens is 2. The summed E-state index contributed by atoms with van der Waals surface area (Å²) in [4.78, 5) is 4.03. The van der Waals surface area contributed by atoms with E-state index in [9.17, 15) is 9.50 Å². The number of aromatic nitrogens is 1. The quantitative estimate of drug-likeness (QED) is 0.936. The molecule has 0 fully saturated rings. The van der Waals surface area contributed by atoms with Crippen molar-refractivity contribution in [1.82, 2.24) is 4.98 Å². The van der Waals surface area contributed by atoms with Crippen molar-refractivity contribution in [3.63, 3.8) is 0 Å². The summed E-state index contributed by atoms with van der Waals surface area (Å²) in [6.45, 7) is 1.66. The van der Waals surface area contributed by atoms with Gasteiger partial charge in [-0.2, -0.15) is 0 Å². The van der Waals surface area contributed by atoms with Crippen LogP contribution in [0.25, 0.3) is 0 Å². The minimum atomic E-state index is -0.591. The molecule has 18 heavy (non-hydrogen) atoms. The maximum absolute atomic E-state index is 12.9. The summed E-state index contributed by atoms with van der Waals surface area (Å²) in [5.41, 5.74) is 0.707. The molecule has 0 saturated carbocycles. The molecule has 0 aliphatic heterocycles. The van der Waals surface area contributed by atoms with Crippen LogP contribution >= 0.6 is 15.9 Å². The van der Waals surface area contributed by atoms with Gasteiger partial charge < -0.3 is 9.84 Å². The zero-order valence-corrected chi connectivity index (χ0v) is 11.2. The van der Waals surface area contributed by atoms with Crippen LogP contribution in [0.4, 0.5) is 4.39 Å². The summed E-state index contributed by atoms with van der Waals surface area (Å²) in [5, 5.41) is 9.46. The third-order valence-electron chi connectivity index (χ3n) is 2.35. The van der Waals surface area contributed by atoms with E-state index in [1.807, 2.05) is 0 Å². The van der Waals surface area contributed by atoms with E-state index < -0.39 is 6.10 Å². The Labute approximate surface area is 112 Å². The van der Waals surface area contributed by atoms with Gasteiger partial charge in [0.15, 0.2) is 0 Å². The van der Waals surface area contributed by atoms with Crippen molar-refractivity contribution in [2.24, 2.45) is 0 Å². The number of hydrogen-bond donors (Lipinski definition) is 1. The fourth-order valence-electron chi connectivity index (χ4n) is 1.41. The Morgan fingerprint density at radius 1 is 1.33 bits per heavy atom. The van der Waals surface area contributed by atoms with E-state index in [4.69, 9.17) is 4.74 Å². The first-order valence-electron chi connectivity index (χ1n) is 5.33. The summed E-state index contributed by atoms with van der Waals surface area (Å²) in [6.07, 6.45) is 0.960. The van der Waals surface area contributed by atoms with E-state index in [2.05, 4.69) is 20.9 Å². The molecule has 2 rings (SSSR count). The van der Waals surface area contributed by atoms with Crippen LogP contribution in [0.2, 0.25) is 0 Å². The van der Waals surface area contributed by atoms with Crippen LogP contribution < -0.4 is 4.74 Å². The average molecular weight is 312 g/mol. The van der Waals surface area contributed by atoms with Crippen LogP contribution in [-0.4, -0.2) is 10.1 Å². The minimum Gasteiger partial charge on any atom is -0.438 e. The van der Waals surface area contributed by atoms with E-state index in [-0.39, 0.29) is 5.82 Å². The van der Waals surface area contributed by atoms with E-state index in [1.54, 1.807) is 25.3 Å². The number of aliphatic hydroxyl groups excluding tert-OH is 1. The van der Waals surface area contributed by atoms with Gasteiger partial charge in [-0.05, 0) is 52.7 Å². The monoisotopic (exact) mass is 311 g/mol. The Bertz CT molecular complexity index is 560. The fourth-order valence-corrected chi connectivity index (χ4v) is 1.84. The highest BCUT2D eigenvalue weighted by atomic mass is 79.9. The van der Waals surface area contributed by atoms with Crippen molar-refractivity contribution >= 4 is 15.9 Å². The number of benzene rings is 1. The molecule has 3 nitrogen and oxygen atoms in total. The van der Waals surface area contributed by atoms with Gasteiger partial charge in [0.1, 0.15) is 11.6 Å². The van der Waals surface area contributed by atoms with E-state index in [0.717, 1.165) is 0 Å². The molecule has 0 unspecified atom stereocenters. The standard InChI is InChI=1S/C13H11BrFNO2/c1-8(17)9-4-5-16-13(6-9)18-12-3-2-10(15)7-11(12)14/h2-8,17H,1H3/t8-/m1/s1. The van der Waals surface area contributed by atoms with Crippen molar-refractivity contribution in [3.8, 4) is 11.6 Å². The Morgan fingerprint density at radius 2 is 2.11 bits per heavy atom. The van der Waals surface area contributed by atoms with Crippen molar-refractivity contribution < 1.29 is 14.2 Å². The second-order valence-electron chi connectivity index (χ2n) is 3.78. The number of hydrogen-bond acceptors (Lipinski definition) is 3. The Kier molecular flexibility index (Phi) is 3.93. The van der Waals surface area contributed by atoms with E-state index >= 15 is 0 Å². The smallest absolute Gasteiger partial charge is 0.219 e. The molecule has 0 amide bonds. The first kappa shape index (κ1) is 13.0. The molecule has 1 aromatic carbocycles. The third kappa shape index (κ3) is 3.05. The Hall–Kier alpha value is -1.46. The molecule has 1 atom stereocenters. The van der Waals surface area contributed by atoms with Gasteiger partial charge in [-0.15, -0.1) is 0 Å². The topological polar surface area (TPSA) is 42.4 Å². The molecule has 0 saturated heterocycles. The highest BCUT2D eigenvalue weighted by Gasteiger charge is 2.07. The molecular formula is C13H11BrFNO2. The Morgan fingerprint density at radius 3 is 2.78 bits per heavy atom. The van der Waals surface area contributed by atoms with Gasteiger partial charge in [0, 0.05) is 12.3 Å². The third-order valence-corrected chi connectivity index (χ3v) is 2.97. The second kappa shape index (κ2) is 5.46. The molecule has 1 aromatic heterocycles. The summed E-state index contributed by atoms with van der Waals surface area (Å²) in [7, 11) is 0. The van der Waals surface area contributed by atoms with Gasteiger partial charge in [-0.3, -0.25) is 0 Å². The summed E-state index contributed by atoms with van der Waals surface area (Å²) in [6, 6.07) is 7.47. The van der Waals surface area contributed by atoms with Crippen molar-refractivity contribution in [1.29, 1.82) is 0 Å². The van der Waals surface area contributed by atoms with Crippen LogP contribution in [0.1, 0.15) is 18.6 Å². The first-order chi connectivity index (χ1) is 8.56. The molecule has 0 radical (unpaired) electrons. The highest BCUT2D eigenvalue weighted by Crippen LogP contribution is 2.30. The van der Waals surface area contributed by atoms with Gasteiger partial charge in [-0.25, -0.2) is 9.37 Å². The molecule has 1 N–H and O–H groups in total. The number of nitrogens with zero attached hydrogens (tertiary/aromatic N) is 1. The van der Waals surface area contributed by atoms with Crippen LogP contribution in [0, 0.1) is 5.82 Å². The maximum Gasteiger partial charge on any atom is 0.219 e. The SMILES string of the molecule is C[C@@H](O)c1ccnc(Oc2ccc(F)cc2Br)c1. The van der Waals surface area contributed by atoms with Crippen LogP contribution in [0.15, 0.2) is 41.0 Å². The molecule has 1 heterocycles. The maximum atomic E-state index is 12.9. The molecule has 2 aromatic rings. The number of ether oxygens (including phenoxy) is 1. The number of pyridine rings is 1. The van der Waals surface area contributed by atoms with Crippen molar-refractivity contribution in [2.75, 3.05) is 0 Å². The van der Waals surface area contributed by atoms with Crippen molar-refractivity contribution in [2.45, 2.75) is 13.0 Å². The molecule has 5 heteroatoms.